The van der Waals surface area contributed by atoms with E-state index < -0.39 is 0 Å². The van der Waals surface area contributed by atoms with Crippen LogP contribution in [0.3, 0.4) is 0 Å². The summed E-state index contributed by atoms with van der Waals surface area (Å²) in [5, 5.41) is 1.08. The summed E-state index contributed by atoms with van der Waals surface area (Å²) in [6, 6.07) is 11.7. The van der Waals surface area contributed by atoms with E-state index in [1.165, 1.54) is 7.11 Å². The van der Waals surface area contributed by atoms with Crippen molar-refractivity contribution in [2.45, 2.75) is 0 Å². The van der Waals surface area contributed by atoms with E-state index in [9.17, 15) is 4.79 Å². The number of rotatable bonds is 5. The van der Waals surface area contributed by atoms with Gasteiger partial charge in [-0.05, 0) is 42.5 Å². The van der Waals surface area contributed by atoms with Crippen molar-refractivity contribution in [3.8, 4) is 11.5 Å². The maximum absolute atomic E-state index is 12.0. The van der Waals surface area contributed by atoms with E-state index in [-0.39, 0.29) is 12.4 Å². The molecule has 0 fully saturated rings. The third kappa shape index (κ3) is 3.65. The zero-order valence-electron chi connectivity index (χ0n) is 10.7. The van der Waals surface area contributed by atoms with Gasteiger partial charge in [-0.2, -0.15) is 0 Å². The average molecular weight is 311 g/mol. The van der Waals surface area contributed by atoms with E-state index in [0.717, 1.165) is 0 Å². The first-order valence-corrected chi connectivity index (χ1v) is 6.61. The summed E-state index contributed by atoms with van der Waals surface area (Å²) in [5.74, 6) is 0.891. The number of carbonyl (C=O) groups is 1. The number of benzene rings is 2. The first kappa shape index (κ1) is 14.7. The van der Waals surface area contributed by atoms with Crippen molar-refractivity contribution < 1.29 is 14.3 Å². The molecule has 0 aromatic heterocycles. The molecule has 20 heavy (non-hydrogen) atoms. The molecule has 0 saturated carbocycles. The maximum atomic E-state index is 12.0. The van der Waals surface area contributed by atoms with E-state index in [1.54, 1.807) is 42.5 Å². The molecule has 104 valence electrons. The van der Waals surface area contributed by atoms with Crippen molar-refractivity contribution in [2.24, 2.45) is 0 Å². The third-order valence-electron chi connectivity index (χ3n) is 2.66. The second-order valence-electron chi connectivity index (χ2n) is 4.02. The van der Waals surface area contributed by atoms with Crippen LogP contribution in [0, 0.1) is 0 Å². The smallest absolute Gasteiger partial charge is 0.200 e. The molecule has 0 aliphatic rings. The highest BCUT2D eigenvalue weighted by atomic mass is 35.5. The van der Waals surface area contributed by atoms with Crippen LogP contribution in [-0.2, 0) is 0 Å². The lowest BCUT2D eigenvalue weighted by atomic mass is 10.1. The fourth-order valence-corrected chi connectivity index (χ4v) is 1.92. The van der Waals surface area contributed by atoms with Gasteiger partial charge in [0, 0.05) is 10.6 Å². The number of Topliss-reactive ketones (excluding diaryl/α,β-unsaturated/α-hetero) is 1. The van der Waals surface area contributed by atoms with Crippen molar-refractivity contribution in [1.82, 2.24) is 0 Å². The number of methoxy groups -OCH3 is 1. The highest BCUT2D eigenvalue weighted by molar-refractivity contribution is 6.32. The molecule has 0 bridgehead atoms. The van der Waals surface area contributed by atoms with Gasteiger partial charge >= 0.3 is 0 Å². The minimum Gasteiger partial charge on any atom is -0.495 e. The fraction of sp³-hybridized carbons (Fsp3) is 0.133. The van der Waals surface area contributed by atoms with Gasteiger partial charge in [-0.25, -0.2) is 0 Å². The largest absolute Gasteiger partial charge is 0.495 e. The Kier molecular flexibility index (Phi) is 4.88. The molecule has 0 amide bonds. The van der Waals surface area contributed by atoms with Gasteiger partial charge in [-0.3, -0.25) is 4.79 Å². The van der Waals surface area contributed by atoms with Crippen LogP contribution < -0.4 is 9.47 Å². The molecule has 2 aromatic rings. The molecular weight excluding hydrogens is 299 g/mol. The van der Waals surface area contributed by atoms with Crippen LogP contribution in [-0.4, -0.2) is 19.5 Å². The molecule has 2 aromatic carbocycles. The summed E-state index contributed by atoms with van der Waals surface area (Å²) >= 11 is 11.7. The van der Waals surface area contributed by atoms with Crippen LogP contribution in [0.5, 0.6) is 11.5 Å². The van der Waals surface area contributed by atoms with E-state index >= 15 is 0 Å². The lowest BCUT2D eigenvalue weighted by Gasteiger charge is -2.07. The highest BCUT2D eigenvalue weighted by Gasteiger charge is 2.10. The maximum Gasteiger partial charge on any atom is 0.200 e. The number of hydrogen-bond donors (Lipinski definition) is 0. The van der Waals surface area contributed by atoms with Gasteiger partial charge in [-0.15, -0.1) is 0 Å². The molecule has 0 radical (unpaired) electrons. The van der Waals surface area contributed by atoms with Crippen molar-refractivity contribution in [1.29, 1.82) is 0 Å². The molecule has 0 unspecified atom stereocenters. The van der Waals surface area contributed by atoms with Crippen LogP contribution in [0.4, 0.5) is 0 Å². The topological polar surface area (TPSA) is 35.5 Å². The van der Waals surface area contributed by atoms with Crippen LogP contribution in [0.2, 0.25) is 10.0 Å². The van der Waals surface area contributed by atoms with Gasteiger partial charge in [-0.1, -0.05) is 23.2 Å². The Bertz CT molecular complexity index is 609. The van der Waals surface area contributed by atoms with E-state index in [0.29, 0.717) is 27.1 Å². The van der Waals surface area contributed by atoms with Crippen molar-refractivity contribution in [3.63, 3.8) is 0 Å². The van der Waals surface area contributed by atoms with Crippen molar-refractivity contribution in [3.05, 3.63) is 58.1 Å². The summed E-state index contributed by atoms with van der Waals surface area (Å²) in [6.07, 6.45) is 0. The molecule has 0 heterocycles. The SMILES string of the molecule is COc1cc(C(=O)COc2ccc(Cl)cc2)ccc1Cl. The Hall–Kier alpha value is -1.71. The molecule has 0 saturated heterocycles. The summed E-state index contributed by atoms with van der Waals surface area (Å²) in [4.78, 5) is 12.0. The van der Waals surface area contributed by atoms with Gasteiger partial charge in [0.25, 0.3) is 0 Å². The predicted octanol–water partition coefficient (Wildman–Crippen LogP) is 4.26. The zero-order chi connectivity index (χ0) is 14.5. The fourth-order valence-electron chi connectivity index (χ4n) is 1.60. The monoisotopic (exact) mass is 310 g/mol. The van der Waals surface area contributed by atoms with Crippen LogP contribution >= 0.6 is 23.2 Å². The van der Waals surface area contributed by atoms with E-state index in [1.807, 2.05) is 0 Å². The first-order valence-electron chi connectivity index (χ1n) is 5.85. The van der Waals surface area contributed by atoms with E-state index in [4.69, 9.17) is 32.7 Å². The Morgan fingerprint density at radius 1 is 1.10 bits per heavy atom. The van der Waals surface area contributed by atoms with Crippen LogP contribution in [0.15, 0.2) is 42.5 Å². The minimum absolute atomic E-state index is 0.0631. The normalized spacial score (nSPS) is 10.2. The average Bonchev–Trinajstić information content (AvgIpc) is 2.47. The third-order valence-corrected chi connectivity index (χ3v) is 3.22. The molecule has 0 aliphatic carbocycles. The molecule has 0 N–H and O–H groups in total. The Balaban J connectivity index is 2.03. The molecule has 2 rings (SSSR count). The van der Waals surface area contributed by atoms with Crippen LogP contribution in [0.1, 0.15) is 10.4 Å². The Morgan fingerprint density at radius 3 is 2.45 bits per heavy atom. The summed E-state index contributed by atoms with van der Waals surface area (Å²) < 4.78 is 10.5. The number of carbonyl (C=O) groups excluding carboxylic acids is 1. The highest BCUT2D eigenvalue weighted by Crippen LogP contribution is 2.25. The lowest BCUT2D eigenvalue weighted by Crippen LogP contribution is -2.11. The molecule has 3 nitrogen and oxygen atoms in total. The molecule has 5 heteroatoms. The minimum atomic E-state index is -0.157. The number of hydrogen-bond acceptors (Lipinski definition) is 3. The van der Waals surface area contributed by atoms with Gasteiger partial charge < -0.3 is 9.47 Å². The first-order chi connectivity index (χ1) is 9.60. The predicted molar refractivity (Wildman–Crippen MR) is 79.3 cm³/mol. The van der Waals surface area contributed by atoms with Crippen molar-refractivity contribution in [2.75, 3.05) is 13.7 Å². The molecule has 0 atom stereocenters. The molecule has 0 aliphatic heterocycles. The second kappa shape index (κ2) is 6.64. The number of halogens is 2. The van der Waals surface area contributed by atoms with Gasteiger partial charge in [0.1, 0.15) is 11.5 Å². The molecular formula is C15H12Cl2O3. The lowest BCUT2D eigenvalue weighted by molar-refractivity contribution is 0.0921. The standard InChI is InChI=1S/C15H12Cl2O3/c1-19-15-8-10(2-7-13(15)17)14(18)9-20-12-5-3-11(16)4-6-12/h2-8H,9H2,1H3. The van der Waals surface area contributed by atoms with E-state index in [2.05, 4.69) is 0 Å². The van der Waals surface area contributed by atoms with Crippen molar-refractivity contribution >= 4 is 29.0 Å². The van der Waals surface area contributed by atoms with Crippen LogP contribution in [0.25, 0.3) is 0 Å². The summed E-state index contributed by atoms with van der Waals surface area (Å²) in [7, 11) is 1.50. The van der Waals surface area contributed by atoms with Gasteiger partial charge in [0.05, 0.1) is 12.1 Å². The number of ketones is 1. The van der Waals surface area contributed by atoms with Gasteiger partial charge in [0.15, 0.2) is 12.4 Å². The summed E-state index contributed by atoms with van der Waals surface area (Å²) in [6.45, 7) is -0.0631. The zero-order valence-corrected chi connectivity index (χ0v) is 12.2. The van der Waals surface area contributed by atoms with Gasteiger partial charge in [0.2, 0.25) is 0 Å². The second-order valence-corrected chi connectivity index (χ2v) is 4.86. The molecule has 0 spiro atoms. The summed E-state index contributed by atoms with van der Waals surface area (Å²) in [5.41, 5.74) is 0.486. The number of ether oxygens (including phenoxy) is 2. The Morgan fingerprint density at radius 2 is 1.80 bits per heavy atom. The quantitative estimate of drug-likeness (QED) is 0.774. The Labute approximate surface area is 127 Å².